The Labute approximate surface area is 354 Å². The largest absolute Gasteiger partial charge is 0.472 e. The van der Waals surface area contributed by atoms with Gasteiger partial charge in [0.05, 0.1) is 27.7 Å². The van der Waals surface area contributed by atoms with Crippen molar-refractivity contribution in [2.24, 2.45) is 0 Å². The number of carbonyl (C=O) groups is 2. The quantitative estimate of drug-likeness (QED) is 0.0214. The fraction of sp³-hybridized carbons (Fsp3) is 0.667. The predicted octanol–water partition coefficient (Wildman–Crippen LogP) is 12.8. The summed E-state index contributed by atoms with van der Waals surface area (Å²) in [7, 11) is 1.42. The third-order valence-electron chi connectivity index (χ3n) is 9.07. The highest BCUT2D eigenvalue weighted by Gasteiger charge is 2.27. The first-order chi connectivity index (χ1) is 28.0. The molecule has 1 N–H and O–H groups in total. The average Bonchev–Trinajstić information content (AvgIpc) is 3.17. The Kier molecular flexibility index (Phi) is 37.7. The zero-order valence-electron chi connectivity index (χ0n) is 37.1. The second-order valence-corrected chi connectivity index (χ2v) is 17.2. The van der Waals surface area contributed by atoms with Crippen molar-refractivity contribution in [1.29, 1.82) is 0 Å². The minimum atomic E-state index is -4.40. The molecule has 0 saturated heterocycles. The van der Waals surface area contributed by atoms with Crippen LogP contribution in [0.2, 0.25) is 0 Å². The van der Waals surface area contributed by atoms with Gasteiger partial charge in [-0.3, -0.25) is 18.6 Å². The van der Waals surface area contributed by atoms with Gasteiger partial charge in [0.1, 0.15) is 19.8 Å². The van der Waals surface area contributed by atoms with E-state index in [1.54, 1.807) is 0 Å². The van der Waals surface area contributed by atoms with Crippen molar-refractivity contribution in [3.05, 3.63) is 85.6 Å². The molecular weight excluding hydrogens is 750 g/mol. The van der Waals surface area contributed by atoms with E-state index >= 15 is 0 Å². The standard InChI is InChI=1S/C48H82NO8P/c1-6-8-10-12-14-16-18-20-22-23-24-25-27-29-31-33-35-37-39-41-48(51)57-46(45-56-58(52,53)55-43-42-49(3,4)5)44-54-47(50)40-38-36-34-32-30-28-26-21-19-17-15-13-11-9-7-2/h7-8,10,14,16,20,22,24-25,29,31,35,37,46H,2,6,9,11-13,15,17-19,21,23,26-28,30,32-34,36,38-45H2,1,3-5H3/p+1/b10-8+,16-14+,22-20+,25-24+,31-29+,37-35+/t46-/m1/s1. The molecule has 0 fully saturated rings. The summed E-state index contributed by atoms with van der Waals surface area (Å²) in [5.74, 6) is -0.906. The summed E-state index contributed by atoms with van der Waals surface area (Å²) in [6.45, 7) is 5.72. The number of phosphoric acid groups is 1. The molecule has 0 heterocycles. The maximum absolute atomic E-state index is 12.7. The van der Waals surface area contributed by atoms with Crippen LogP contribution in [0, 0.1) is 0 Å². The van der Waals surface area contributed by atoms with E-state index in [4.69, 9.17) is 18.5 Å². The van der Waals surface area contributed by atoms with Crippen LogP contribution in [0.25, 0.3) is 0 Å². The molecule has 2 atom stereocenters. The fourth-order valence-corrected chi connectivity index (χ4v) is 6.35. The number of esters is 2. The van der Waals surface area contributed by atoms with E-state index in [1.807, 2.05) is 39.4 Å². The Hall–Kier alpha value is -2.81. The van der Waals surface area contributed by atoms with Crippen LogP contribution >= 0.6 is 7.82 Å². The fourth-order valence-electron chi connectivity index (χ4n) is 5.61. The molecule has 1 unspecified atom stereocenters. The van der Waals surface area contributed by atoms with E-state index < -0.39 is 32.5 Å². The molecule has 0 radical (unpaired) electrons. The maximum atomic E-state index is 12.7. The first-order valence-corrected chi connectivity index (χ1v) is 23.8. The summed E-state index contributed by atoms with van der Waals surface area (Å²) in [4.78, 5) is 35.3. The molecule has 10 heteroatoms. The number of likely N-dealkylation sites (N-methyl/N-ethyl adjacent to an activating group) is 1. The van der Waals surface area contributed by atoms with Gasteiger partial charge >= 0.3 is 19.8 Å². The second kappa shape index (κ2) is 39.6. The molecule has 0 aliphatic rings. The number of quaternary nitrogens is 1. The maximum Gasteiger partial charge on any atom is 0.472 e. The van der Waals surface area contributed by atoms with E-state index in [-0.39, 0.29) is 26.1 Å². The number of nitrogens with zero attached hydrogens (tertiary/aromatic N) is 1. The minimum absolute atomic E-state index is 0.0135. The zero-order valence-corrected chi connectivity index (χ0v) is 38.0. The van der Waals surface area contributed by atoms with E-state index in [0.29, 0.717) is 17.4 Å². The summed E-state index contributed by atoms with van der Waals surface area (Å²) >= 11 is 0. The van der Waals surface area contributed by atoms with Gasteiger partial charge in [0.25, 0.3) is 0 Å². The minimum Gasteiger partial charge on any atom is -0.462 e. The summed E-state index contributed by atoms with van der Waals surface area (Å²) < 4.78 is 34.2. The van der Waals surface area contributed by atoms with Crippen molar-refractivity contribution in [3.63, 3.8) is 0 Å². The summed E-state index contributed by atoms with van der Waals surface area (Å²) in [5, 5.41) is 0. The van der Waals surface area contributed by atoms with E-state index in [2.05, 4.69) is 74.3 Å². The monoisotopic (exact) mass is 833 g/mol. The molecule has 0 aromatic rings. The summed E-state index contributed by atoms with van der Waals surface area (Å²) in [6.07, 6.45) is 49.7. The van der Waals surface area contributed by atoms with Crippen molar-refractivity contribution >= 4 is 19.8 Å². The molecule has 0 saturated carbocycles. The third kappa shape index (κ3) is 42.8. The van der Waals surface area contributed by atoms with Crippen LogP contribution in [0.1, 0.15) is 155 Å². The number of phosphoric ester groups is 1. The SMILES string of the molecule is C=CCCCCCCCCCCCCCCCC(=O)OC[C@H](COP(=O)(O)OCC[N+](C)(C)C)OC(=O)CC/C=C/C/C=C/C/C=C/C/C=C/C/C=C/C/C=C/CC. The van der Waals surface area contributed by atoms with Crippen molar-refractivity contribution < 1.29 is 42.1 Å². The molecule has 0 bridgehead atoms. The van der Waals surface area contributed by atoms with Gasteiger partial charge in [-0.15, -0.1) is 6.58 Å². The molecular formula is C48H83NO8P+. The Morgan fingerprint density at radius 2 is 1.03 bits per heavy atom. The summed E-state index contributed by atoms with van der Waals surface area (Å²) in [5.41, 5.74) is 0. The predicted molar refractivity (Wildman–Crippen MR) is 242 cm³/mol. The molecule has 0 aliphatic carbocycles. The Bertz CT molecular complexity index is 1250. The van der Waals surface area contributed by atoms with Gasteiger partial charge in [0.2, 0.25) is 0 Å². The van der Waals surface area contributed by atoms with Crippen molar-refractivity contribution in [1.82, 2.24) is 0 Å². The summed E-state index contributed by atoms with van der Waals surface area (Å²) in [6, 6.07) is 0. The number of allylic oxidation sites excluding steroid dienone is 13. The van der Waals surface area contributed by atoms with Crippen LogP contribution in [-0.4, -0.2) is 74.9 Å². The topological polar surface area (TPSA) is 108 Å². The van der Waals surface area contributed by atoms with E-state index in [1.165, 1.54) is 64.2 Å². The molecule has 332 valence electrons. The van der Waals surface area contributed by atoms with Crippen molar-refractivity contribution in [2.75, 3.05) is 47.5 Å². The Morgan fingerprint density at radius 1 is 0.586 bits per heavy atom. The van der Waals surface area contributed by atoms with Crippen LogP contribution in [0.3, 0.4) is 0 Å². The van der Waals surface area contributed by atoms with Crippen LogP contribution in [0.5, 0.6) is 0 Å². The van der Waals surface area contributed by atoms with Crippen LogP contribution < -0.4 is 0 Å². The molecule has 9 nitrogen and oxygen atoms in total. The molecule has 0 rings (SSSR count). The van der Waals surface area contributed by atoms with Crippen molar-refractivity contribution in [3.8, 4) is 0 Å². The van der Waals surface area contributed by atoms with Gasteiger partial charge in [-0.05, 0) is 64.2 Å². The van der Waals surface area contributed by atoms with Gasteiger partial charge in [0.15, 0.2) is 6.10 Å². The van der Waals surface area contributed by atoms with Crippen LogP contribution in [0.15, 0.2) is 85.6 Å². The average molecular weight is 833 g/mol. The van der Waals surface area contributed by atoms with E-state index in [0.717, 1.165) is 64.2 Å². The Morgan fingerprint density at radius 3 is 1.50 bits per heavy atom. The second-order valence-electron chi connectivity index (χ2n) is 15.8. The lowest BCUT2D eigenvalue weighted by atomic mass is 10.0. The van der Waals surface area contributed by atoms with E-state index in [9.17, 15) is 19.0 Å². The van der Waals surface area contributed by atoms with Crippen molar-refractivity contribution in [2.45, 2.75) is 161 Å². The number of hydrogen-bond donors (Lipinski definition) is 1. The number of rotatable bonds is 40. The molecule has 0 aromatic carbocycles. The zero-order chi connectivity index (χ0) is 42.8. The molecule has 0 spiro atoms. The number of unbranched alkanes of at least 4 members (excludes halogenated alkanes) is 13. The number of carbonyl (C=O) groups excluding carboxylic acids is 2. The molecule has 0 amide bonds. The van der Waals surface area contributed by atoms with Gasteiger partial charge in [-0.25, -0.2) is 4.57 Å². The highest BCUT2D eigenvalue weighted by atomic mass is 31.2. The third-order valence-corrected chi connectivity index (χ3v) is 10.1. The smallest absolute Gasteiger partial charge is 0.462 e. The van der Waals surface area contributed by atoms with Crippen LogP contribution in [-0.2, 0) is 32.7 Å². The lowest BCUT2D eigenvalue weighted by Crippen LogP contribution is -2.37. The molecule has 0 aromatic heterocycles. The lowest BCUT2D eigenvalue weighted by Gasteiger charge is -2.24. The van der Waals surface area contributed by atoms with Gasteiger partial charge in [0, 0.05) is 12.8 Å². The normalized spacial score (nSPS) is 14.2. The highest BCUT2D eigenvalue weighted by Crippen LogP contribution is 2.43. The number of ether oxygens (including phenoxy) is 2. The Balaban J connectivity index is 4.48. The van der Waals surface area contributed by atoms with Gasteiger partial charge in [-0.1, -0.05) is 157 Å². The lowest BCUT2D eigenvalue weighted by molar-refractivity contribution is -0.870. The molecule has 58 heavy (non-hydrogen) atoms. The van der Waals surface area contributed by atoms with Crippen LogP contribution in [0.4, 0.5) is 0 Å². The highest BCUT2D eigenvalue weighted by molar-refractivity contribution is 7.47. The first-order valence-electron chi connectivity index (χ1n) is 22.3. The molecule has 0 aliphatic heterocycles. The van der Waals surface area contributed by atoms with Gasteiger partial charge in [-0.2, -0.15) is 0 Å². The first kappa shape index (κ1) is 55.2. The number of hydrogen-bond acceptors (Lipinski definition) is 7. The van der Waals surface area contributed by atoms with Gasteiger partial charge < -0.3 is 18.9 Å².